The predicted molar refractivity (Wildman–Crippen MR) is 76.3 cm³/mol. The quantitative estimate of drug-likeness (QED) is 0.832. The second-order valence-electron chi connectivity index (χ2n) is 4.47. The molecule has 2 rings (SSSR count). The molecule has 1 aromatic rings. The molecule has 0 bridgehead atoms. The number of hydrogen-bond acceptors (Lipinski definition) is 7. The van der Waals surface area contributed by atoms with Crippen molar-refractivity contribution < 1.29 is 14.3 Å². The molecule has 1 saturated heterocycles. The number of methoxy groups -OCH3 is 2. The van der Waals surface area contributed by atoms with E-state index in [1.54, 1.807) is 7.11 Å². The van der Waals surface area contributed by atoms with E-state index < -0.39 is 5.97 Å². The van der Waals surface area contributed by atoms with Gasteiger partial charge in [-0.1, -0.05) is 0 Å². The second-order valence-corrected chi connectivity index (χ2v) is 5.46. The molecule has 1 aliphatic heterocycles. The normalized spacial score (nSPS) is 16.5. The first-order chi connectivity index (χ1) is 9.08. The molecular weight excluding hydrogens is 266 g/mol. The fourth-order valence-corrected chi connectivity index (χ4v) is 3.24. The number of esters is 1. The number of thiophene rings is 1. The number of carbonyl (C=O) groups is 1. The summed E-state index contributed by atoms with van der Waals surface area (Å²) in [5.41, 5.74) is 6.34. The van der Waals surface area contributed by atoms with Crippen molar-refractivity contribution in [1.82, 2.24) is 4.90 Å². The first-order valence-corrected chi connectivity index (χ1v) is 6.88. The van der Waals surface area contributed by atoms with Crippen LogP contribution < -0.4 is 15.4 Å². The summed E-state index contributed by atoms with van der Waals surface area (Å²) >= 11 is 1.33. The number of carbonyl (C=O) groups excluding carboxylic acids is 1. The standard InChI is InChI=1S/C12H19N3O3S/c1-14-4-6-15(7-5-14)11-9(17-2)8(13)10(19-11)12(16)18-3/h4-7,13H2,1-3H3. The number of ether oxygens (including phenoxy) is 2. The molecule has 7 heteroatoms. The Labute approximate surface area is 116 Å². The highest BCUT2D eigenvalue weighted by atomic mass is 32.1. The molecule has 1 aromatic heterocycles. The summed E-state index contributed by atoms with van der Waals surface area (Å²) in [6.45, 7) is 3.75. The monoisotopic (exact) mass is 285 g/mol. The summed E-state index contributed by atoms with van der Waals surface area (Å²) in [6.07, 6.45) is 0. The molecule has 0 aliphatic carbocycles. The van der Waals surface area contributed by atoms with E-state index in [1.165, 1.54) is 18.4 Å². The Morgan fingerprint density at radius 3 is 2.42 bits per heavy atom. The fourth-order valence-electron chi connectivity index (χ4n) is 2.08. The van der Waals surface area contributed by atoms with Crippen LogP contribution in [0, 0.1) is 0 Å². The molecule has 19 heavy (non-hydrogen) atoms. The van der Waals surface area contributed by atoms with Crippen molar-refractivity contribution >= 4 is 28.0 Å². The summed E-state index contributed by atoms with van der Waals surface area (Å²) in [4.78, 5) is 16.6. The molecule has 1 aliphatic rings. The van der Waals surface area contributed by atoms with Crippen molar-refractivity contribution in [2.45, 2.75) is 0 Å². The van der Waals surface area contributed by atoms with Gasteiger partial charge in [0.1, 0.15) is 15.6 Å². The van der Waals surface area contributed by atoms with E-state index in [1.807, 2.05) is 0 Å². The molecule has 6 nitrogen and oxygen atoms in total. The Morgan fingerprint density at radius 2 is 1.89 bits per heavy atom. The molecule has 0 amide bonds. The fraction of sp³-hybridized carbons (Fsp3) is 0.583. The SMILES string of the molecule is COC(=O)c1sc(N2CCN(C)CC2)c(OC)c1N. The van der Waals surface area contributed by atoms with Crippen LogP contribution in [0.25, 0.3) is 0 Å². The van der Waals surface area contributed by atoms with Gasteiger partial charge in [0.2, 0.25) is 0 Å². The lowest BCUT2D eigenvalue weighted by atomic mass is 10.3. The number of nitrogen functional groups attached to an aromatic ring is 1. The molecule has 0 unspecified atom stereocenters. The molecule has 0 atom stereocenters. The van der Waals surface area contributed by atoms with Gasteiger partial charge in [-0.15, -0.1) is 11.3 Å². The lowest BCUT2D eigenvalue weighted by molar-refractivity contribution is 0.0607. The van der Waals surface area contributed by atoms with Gasteiger partial charge in [-0.2, -0.15) is 0 Å². The summed E-state index contributed by atoms with van der Waals surface area (Å²) < 4.78 is 10.1. The van der Waals surface area contributed by atoms with E-state index in [9.17, 15) is 4.79 Å². The average molecular weight is 285 g/mol. The van der Waals surface area contributed by atoms with E-state index in [0.29, 0.717) is 16.3 Å². The van der Waals surface area contributed by atoms with Gasteiger partial charge >= 0.3 is 5.97 Å². The Hall–Kier alpha value is -1.47. The highest BCUT2D eigenvalue weighted by molar-refractivity contribution is 7.19. The number of rotatable bonds is 3. The third kappa shape index (κ3) is 2.62. The van der Waals surface area contributed by atoms with Crippen LogP contribution in [0.3, 0.4) is 0 Å². The van der Waals surface area contributed by atoms with Crippen molar-refractivity contribution in [3.05, 3.63) is 4.88 Å². The van der Waals surface area contributed by atoms with Gasteiger partial charge < -0.3 is 25.0 Å². The van der Waals surface area contributed by atoms with Crippen LogP contribution in [0.15, 0.2) is 0 Å². The summed E-state index contributed by atoms with van der Waals surface area (Å²) in [6, 6.07) is 0. The van der Waals surface area contributed by atoms with Crippen molar-refractivity contribution in [2.75, 3.05) is 58.1 Å². The first-order valence-electron chi connectivity index (χ1n) is 6.06. The van der Waals surface area contributed by atoms with Crippen LogP contribution in [0.2, 0.25) is 0 Å². The topological polar surface area (TPSA) is 68.0 Å². The van der Waals surface area contributed by atoms with Gasteiger partial charge in [-0.05, 0) is 7.05 Å². The average Bonchev–Trinajstić information content (AvgIpc) is 2.75. The van der Waals surface area contributed by atoms with Crippen LogP contribution in [0.4, 0.5) is 10.7 Å². The van der Waals surface area contributed by atoms with E-state index in [0.717, 1.165) is 31.2 Å². The second kappa shape index (κ2) is 5.66. The number of anilines is 2. The zero-order chi connectivity index (χ0) is 14.0. The minimum Gasteiger partial charge on any atom is -0.492 e. The van der Waals surface area contributed by atoms with E-state index in [-0.39, 0.29) is 0 Å². The van der Waals surface area contributed by atoms with Crippen molar-refractivity contribution in [2.24, 2.45) is 0 Å². The molecule has 0 spiro atoms. The highest BCUT2D eigenvalue weighted by Crippen LogP contribution is 2.45. The van der Waals surface area contributed by atoms with Gasteiger partial charge in [0, 0.05) is 26.2 Å². The van der Waals surface area contributed by atoms with E-state index >= 15 is 0 Å². The minimum atomic E-state index is -0.416. The van der Waals surface area contributed by atoms with Crippen LogP contribution in [-0.2, 0) is 4.74 Å². The number of hydrogen-bond donors (Lipinski definition) is 1. The number of piperazine rings is 1. The smallest absolute Gasteiger partial charge is 0.350 e. The third-order valence-electron chi connectivity index (χ3n) is 3.25. The number of likely N-dealkylation sites (N-methyl/N-ethyl adjacent to an activating group) is 1. The Bertz CT molecular complexity index is 467. The number of nitrogens with two attached hydrogens (primary N) is 1. The van der Waals surface area contributed by atoms with Gasteiger partial charge in [0.25, 0.3) is 0 Å². The number of nitrogens with zero attached hydrogens (tertiary/aromatic N) is 2. The summed E-state index contributed by atoms with van der Waals surface area (Å²) in [5, 5.41) is 0.911. The molecule has 106 valence electrons. The molecular formula is C12H19N3O3S. The third-order valence-corrected chi connectivity index (χ3v) is 4.48. The molecule has 2 N–H and O–H groups in total. The van der Waals surface area contributed by atoms with Gasteiger partial charge in [0.05, 0.1) is 14.2 Å². The largest absolute Gasteiger partial charge is 0.492 e. The van der Waals surface area contributed by atoms with Gasteiger partial charge in [0.15, 0.2) is 5.75 Å². The highest BCUT2D eigenvalue weighted by Gasteiger charge is 2.27. The maximum absolute atomic E-state index is 11.7. The zero-order valence-corrected chi connectivity index (χ0v) is 12.2. The maximum Gasteiger partial charge on any atom is 0.350 e. The lowest BCUT2D eigenvalue weighted by Crippen LogP contribution is -2.44. The Morgan fingerprint density at radius 1 is 1.26 bits per heavy atom. The van der Waals surface area contributed by atoms with Crippen molar-refractivity contribution in [3.63, 3.8) is 0 Å². The molecule has 0 aromatic carbocycles. The summed E-state index contributed by atoms with van der Waals surface area (Å²) in [7, 11) is 5.01. The Kier molecular flexibility index (Phi) is 4.16. The van der Waals surface area contributed by atoms with Gasteiger partial charge in [-0.3, -0.25) is 0 Å². The van der Waals surface area contributed by atoms with Crippen LogP contribution in [-0.4, -0.2) is 58.3 Å². The predicted octanol–water partition coefficient (Wildman–Crippen LogP) is 0.877. The van der Waals surface area contributed by atoms with Gasteiger partial charge in [-0.25, -0.2) is 4.79 Å². The minimum absolute atomic E-state index is 0.369. The van der Waals surface area contributed by atoms with Crippen molar-refractivity contribution in [3.8, 4) is 5.75 Å². The maximum atomic E-state index is 11.7. The lowest BCUT2D eigenvalue weighted by Gasteiger charge is -2.33. The first kappa shape index (κ1) is 14.0. The Balaban J connectivity index is 2.32. The van der Waals surface area contributed by atoms with Crippen LogP contribution >= 0.6 is 11.3 Å². The molecule has 0 radical (unpaired) electrons. The van der Waals surface area contributed by atoms with Crippen LogP contribution in [0.1, 0.15) is 9.67 Å². The molecule has 0 saturated carbocycles. The van der Waals surface area contributed by atoms with Crippen molar-refractivity contribution in [1.29, 1.82) is 0 Å². The van der Waals surface area contributed by atoms with Crippen LogP contribution in [0.5, 0.6) is 5.75 Å². The van der Waals surface area contributed by atoms with E-state index in [2.05, 4.69) is 16.8 Å². The molecule has 1 fully saturated rings. The van der Waals surface area contributed by atoms with E-state index in [4.69, 9.17) is 15.2 Å². The summed E-state index contributed by atoms with van der Waals surface area (Å²) in [5.74, 6) is 0.163. The zero-order valence-electron chi connectivity index (χ0n) is 11.4. The molecule has 2 heterocycles.